The van der Waals surface area contributed by atoms with Gasteiger partial charge in [0.25, 0.3) is 0 Å². The lowest BCUT2D eigenvalue weighted by Crippen LogP contribution is -2.41. The molecule has 0 heterocycles. The third-order valence-electron chi connectivity index (χ3n) is 1.30. The monoisotopic (exact) mass is 207 g/mol. The maximum Gasteiger partial charge on any atom is 0.217 e. The molecule has 0 aromatic rings. The van der Waals surface area contributed by atoms with E-state index in [1.165, 1.54) is 0 Å². The SMILES string of the molecule is C[N+](C)(C)CC(O)CC(=O)SN=O. The van der Waals surface area contributed by atoms with Crippen LogP contribution >= 0.6 is 11.9 Å². The minimum Gasteiger partial charge on any atom is -0.387 e. The second-order valence-corrected chi connectivity index (χ2v) is 4.66. The van der Waals surface area contributed by atoms with Gasteiger partial charge in [0.05, 0.1) is 39.5 Å². The van der Waals surface area contributed by atoms with Crippen LogP contribution in [0.25, 0.3) is 0 Å². The molecule has 0 saturated carbocycles. The van der Waals surface area contributed by atoms with Crippen LogP contribution < -0.4 is 0 Å². The Bertz CT molecular complexity index is 191. The number of aliphatic hydroxyl groups excluding tert-OH is 1. The van der Waals surface area contributed by atoms with Gasteiger partial charge in [-0.15, -0.1) is 4.91 Å². The number of hydrogen-bond acceptors (Lipinski definition) is 5. The molecule has 1 unspecified atom stereocenters. The first-order chi connectivity index (χ1) is 5.85. The summed E-state index contributed by atoms with van der Waals surface area (Å²) < 4.78 is 2.96. The van der Waals surface area contributed by atoms with E-state index in [4.69, 9.17) is 0 Å². The van der Waals surface area contributed by atoms with Crippen molar-refractivity contribution in [1.29, 1.82) is 0 Å². The predicted molar refractivity (Wildman–Crippen MR) is 51.9 cm³/mol. The molecule has 0 aromatic carbocycles. The number of carbonyl (C=O) groups is 1. The van der Waals surface area contributed by atoms with Gasteiger partial charge in [-0.25, -0.2) is 0 Å². The number of rotatable bonds is 5. The highest BCUT2D eigenvalue weighted by molar-refractivity contribution is 8.12. The molecule has 1 atom stereocenters. The fraction of sp³-hybridized carbons (Fsp3) is 0.857. The van der Waals surface area contributed by atoms with Gasteiger partial charge in [0.15, 0.2) is 0 Å². The highest BCUT2D eigenvalue weighted by Gasteiger charge is 2.18. The van der Waals surface area contributed by atoms with Gasteiger partial charge >= 0.3 is 0 Å². The number of nitroso groups, excluding NO2 is 1. The van der Waals surface area contributed by atoms with Crippen molar-refractivity contribution in [2.45, 2.75) is 12.5 Å². The second kappa shape index (κ2) is 5.31. The van der Waals surface area contributed by atoms with E-state index in [2.05, 4.69) is 4.58 Å². The third kappa shape index (κ3) is 7.89. The molecular formula is C7H15N2O3S+. The topological polar surface area (TPSA) is 66.7 Å². The number of likely N-dealkylation sites (N-methyl/N-ethyl adjacent to an activating group) is 1. The number of carbonyl (C=O) groups excluding carboxylic acids is 1. The molecule has 0 fully saturated rings. The number of hydrogen-bond donors (Lipinski definition) is 1. The van der Waals surface area contributed by atoms with E-state index >= 15 is 0 Å². The zero-order chi connectivity index (χ0) is 10.5. The molecule has 0 aliphatic heterocycles. The van der Waals surface area contributed by atoms with Gasteiger partial charge in [-0.3, -0.25) is 4.79 Å². The van der Waals surface area contributed by atoms with E-state index in [0.717, 1.165) is 0 Å². The molecule has 0 bridgehead atoms. The zero-order valence-electron chi connectivity index (χ0n) is 8.06. The van der Waals surface area contributed by atoms with Crippen molar-refractivity contribution in [1.82, 2.24) is 0 Å². The van der Waals surface area contributed by atoms with Crippen molar-refractivity contribution in [3.05, 3.63) is 4.91 Å². The smallest absolute Gasteiger partial charge is 0.217 e. The summed E-state index contributed by atoms with van der Waals surface area (Å²) in [4.78, 5) is 20.5. The van der Waals surface area contributed by atoms with Crippen molar-refractivity contribution >= 4 is 17.1 Å². The van der Waals surface area contributed by atoms with Crippen LogP contribution in [0, 0.1) is 4.91 Å². The first-order valence-electron chi connectivity index (χ1n) is 3.86. The minimum atomic E-state index is -0.707. The maximum atomic E-state index is 10.8. The van der Waals surface area contributed by atoms with Gasteiger partial charge in [0.1, 0.15) is 12.6 Å². The lowest BCUT2D eigenvalue weighted by Gasteiger charge is -2.26. The maximum absolute atomic E-state index is 10.8. The minimum absolute atomic E-state index is 0.0219. The third-order valence-corrected chi connectivity index (χ3v) is 1.74. The summed E-state index contributed by atoms with van der Waals surface area (Å²) in [5, 5.41) is 9.00. The van der Waals surface area contributed by atoms with Crippen molar-refractivity contribution in [3.63, 3.8) is 0 Å². The molecule has 0 aliphatic rings. The van der Waals surface area contributed by atoms with E-state index in [1.54, 1.807) is 0 Å². The van der Waals surface area contributed by atoms with E-state index < -0.39 is 11.2 Å². The Hall–Kier alpha value is -0.460. The van der Waals surface area contributed by atoms with Crippen LogP contribution in [0.15, 0.2) is 4.58 Å². The quantitative estimate of drug-likeness (QED) is 0.402. The molecule has 1 N–H and O–H groups in total. The van der Waals surface area contributed by atoms with Gasteiger partial charge in [-0.2, -0.15) is 0 Å². The second-order valence-electron chi connectivity index (χ2n) is 3.87. The zero-order valence-corrected chi connectivity index (χ0v) is 8.87. The highest BCUT2D eigenvalue weighted by atomic mass is 32.2. The van der Waals surface area contributed by atoms with Crippen LogP contribution in [0.1, 0.15) is 6.42 Å². The van der Waals surface area contributed by atoms with E-state index in [0.29, 0.717) is 23.0 Å². The van der Waals surface area contributed by atoms with Crippen molar-refractivity contribution in [2.75, 3.05) is 27.7 Å². The first kappa shape index (κ1) is 12.5. The summed E-state index contributed by atoms with van der Waals surface area (Å²) >= 11 is 0.349. The van der Waals surface area contributed by atoms with Crippen LogP contribution in [0.5, 0.6) is 0 Å². The summed E-state index contributed by atoms with van der Waals surface area (Å²) in [6, 6.07) is 0. The van der Waals surface area contributed by atoms with Gasteiger partial charge in [0.2, 0.25) is 5.12 Å². The Morgan fingerprint density at radius 1 is 1.54 bits per heavy atom. The molecule has 0 rings (SSSR count). The van der Waals surface area contributed by atoms with E-state index in [1.807, 2.05) is 21.1 Å². The Labute approximate surface area is 81.8 Å². The summed E-state index contributed by atoms with van der Waals surface area (Å²) in [6.45, 7) is 0.477. The number of aliphatic hydroxyl groups is 1. The molecular weight excluding hydrogens is 192 g/mol. The van der Waals surface area contributed by atoms with Crippen LogP contribution in [0.2, 0.25) is 0 Å². The Morgan fingerprint density at radius 2 is 2.08 bits per heavy atom. The predicted octanol–water partition coefficient (Wildman–Crippen LogP) is 0.385. The first-order valence-corrected chi connectivity index (χ1v) is 4.63. The normalized spacial score (nSPS) is 13.8. The van der Waals surface area contributed by atoms with Crippen molar-refractivity contribution < 1.29 is 14.4 Å². The fourth-order valence-electron chi connectivity index (χ4n) is 0.968. The van der Waals surface area contributed by atoms with Crippen molar-refractivity contribution in [3.8, 4) is 0 Å². The molecule has 0 amide bonds. The summed E-state index contributed by atoms with van der Waals surface area (Å²) in [5.74, 6) is 0. The van der Waals surface area contributed by atoms with Crippen molar-refractivity contribution in [2.24, 2.45) is 4.58 Å². The average molecular weight is 207 g/mol. The molecule has 0 saturated heterocycles. The Balaban J connectivity index is 3.80. The summed E-state index contributed by atoms with van der Waals surface area (Å²) in [5.41, 5.74) is 0. The summed E-state index contributed by atoms with van der Waals surface area (Å²) in [6.07, 6.45) is -0.729. The number of quaternary nitrogens is 1. The van der Waals surface area contributed by atoms with E-state index in [9.17, 15) is 14.8 Å². The van der Waals surface area contributed by atoms with Crippen LogP contribution in [-0.2, 0) is 4.79 Å². The standard InChI is InChI=1S/C7H15N2O3S/c1-9(2,3)5-6(10)4-7(11)13-8-12/h6,10H,4-5H2,1-3H3/q+1. The molecule has 0 aliphatic carbocycles. The molecule has 13 heavy (non-hydrogen) atoms. The molecule has 5 nitrogen and oxygen atoms in total. The molecule has 0 aromatic heterocycles. The largest absolute Gasteiger partial charge is 0.387 e. The van der Waals surface area contributed by atoms with Gasteiger partial charge in [0, 0.05) is 4.58 Å². The lowest BCUT2D eigenvalue weighted by molar-refractivity contribution is -0.873. The van der Waals surface area contributed by atoms with Gasteiger partial charge < -0.3 is 9.59 Å². The van der Waals surface area contributed by atoms with Gasteiger partial charge in [-0.05, 0) is 0 Å². The van der Waals surface area contributed by atoms with Crippen LogP contribution in [0.4, 0.5) is 0 Å². The molecule has 0 spiro atoms. The lowest BCUT2D eigenvalue weighted by atomic mass is 10.2. The fourth-order valence-corrected chi connectivity index (χ4v) is 1.32. The Morgan fingerprint density at radius 3 is 2.46 bits per heavy atom. The average Bonchev–Trinajstić information content (AvgIpc) is 1.81. The summed E-state index contributed by atoms with van der Waals surface area (Å²) in [7, 11) is 5.75. The highest BCUT2D eigenvalue weighted by Crippen LogP contribution is 2.09. The Kier molecular flexibility index (Phi) is 5.12. The molecule has 0 radical (unpaired) electrons. The van der Waals surface area contributed by atoms with Crippen LogP contribution in [0.3, 0.4) is 0 Å². The van der Waals surface area contributed by atoms with E-state index in [-0.39, 0.29) is 6.42 Å². The van der Waals surface area contributed by atoms with Crippen LogP contribution in [-0.4, -0.2) is 48.5 Å². The van der Waals surface area contributed by atoms with Gasteiger partial charge in [-0.1, -0.05) is 0 Å². The molecule has 6 heteroatoms. The molecule has 76 valence electrons. The number of nitrogens with zero attached hydrogens (tertiary/aromatic N) is 2.